The number of para-hydroxylation sites is 2. The van der Waals surface area contributed by atoms with E-state index < -0.39 is 0 Å². The van der Waals surface area contributed by atoms with Gasteiger partial charge in [-0.25, -0.2) is 0 Å². The number of fused-ring (bicyclic) bond motifs is 1. The second-order valence-electron chi connectivity index (χ2n) is 5.41. The number of nitrogens with one attached hydrogen (secondary N) is 1. The lowest BCUT2D eigenvalue weighted by atomic mass is 9.84. The Balaban J connectivity index is 2.03. The SMILES string of the molecule is CCC1CCCC(n2c(=S)[nH]c3ccccc32)C1. The smallest absolute Gasteiger partial charge is 0.178 e. The average molecular weight is 260 g/mol. The molecule has 3 heteroatoms. The minimum atomic E-state index is 0.590. The van der Waals surface area contributed by atoms with Gasteiger partial charge >= 0.3 is 0 Å². The molecule has 1 fully saturated rings. The van der Waals surface area contributed by atoms with Gasteiger partial charge in [0.1, 0.15) is 0 Å². The number of hydrogen-bond donors (Lipinski definition) is 1. The van der Waals surface area contributed by atoms with Gasteiger partial charge in [0.05, 0.1) is 11.0 Å². The molecule has 2 unspecified atom stereocenters. The van der Waals surface area contributed by atoms with Crippen LogP contribution in [0, 0.1) is 10.7 Å². The van der Waals surface area contributed by atoms with Crippen LogP contribution >= 0.6 is 12.2 Å². The quantitative estimate of drug-likeness (QED) is 0.766. The number of hydrogen-bond acceptors (Lipinski definition) is 1. The fourth-order valence-corrected chi connectivity index (χ4v) is 3.66. The van der Waals surface area contributed by atoms with Crippen LogP contribution in [0.25, 0.3) is 11.0 Å². The van der Waals surface area contributed by atoms with Crippen LogP contribution in [-0.2, 0) is 0 Å². The molecule has 1 aromatic carbocycles. The van der Waals surface area contributed by atoms with Gasteiger partial charge in [0, 0.05) is 6.04 Å². The Bertz CT molecular complexity index is 596. The van der Waals surface area contributed by atoms with Crippen molar-refractivity contribution in [1.29, 1.82) is 0 Å². The molecule has 1 aliphatic rings. The summed E-state index contributed by atoms with van der Waals surface area (Å²) in [5.41, 5.74) is 2.44. The van der Waals surface area contributed by atoms with Crippen LogP contribution in [0.5, 0.6) is 0 Å². The largest absolute Gasteiger partial charge is 0.331 e. The van der Waals surface area contributed by atoms with Gasteiger partial charge < -0.3 is 9.55 Å². The first-order valence-electron chi connectivity index (χ1n) is 6.99. The number of aromatic nitrogens is 2. The molecule has 1 aliphatic carbocycles. The third-order valence-corrected chi connectivity index (χ3v) is 4.62. The van der Waals surface area contributed by atoms with Crippen LogP contribution in [-0.4, -0.2) is 9.55 Å². The Morgan fingerprint density at radius 1 is 1.33 bits per heavy atom. The molecular formula is C15H20N2S. The lowest BCUT2D eigenvalue weighted by Crippen LogP contribution is -2.18. The van der Waals surface area contributed by atoms with Gasteiger partial charge in [0.15, 0.2) is 4.77 Å². The third kappa shape index (κ3) is 2.01. The zero-order valence-corrected chi connectivity index (χ0v) is 11.7. The summed E-state index contributed by atoms with van der Waals surface area (Å²) in [4.78, 5) is 3.33. The van der Waals surface area contributed by atoms with Crippen molar-refractivity contribution in [3.63, 3.8) is 0 Å². The lowest BCUT2D eigenvalue weighted by Gasteiger charge is -2.29. The Hall–Kier alpha value is -1.09. The van der Waals surface area contributed by atoms with Gasteiger partial charge in [0.25, 0.3) is 0 Å². The molecular weight excluding hydrogens is 240 g/mol. The zero-order chi connectivity index (χ0) is 12.5. The highest BCUT2D eigenvalue weighted by molar-refractivity contribution is 7.71. The van der Waals surface area contributed by atoms with Crippen molar-refractivity contribution in [3.05, 3.63) is 29.0 Å². The summed E-state index contributed by atoms with van der Waals surface area (Å²) in [5, 5.41) is 0. The van der Waals surface area contributed by atoms with Crippen LogP contribution < -0.4 is 0 Å². The predicted octanol–water partition coefficient (Wildman–Crippen LogP) is 4.84. The number of nitrogens with zero attached hydrogens (tertiary/aromatic N) is 1. The first-order chi connectivity index (χ1) is 8.79. The average Bonchev–Trinajstić information content (AvgIpc) is 2.74. The summed E-state index contributed by atoms with van der Waals surface area (Å²) >= 11 is 5.52. The van der Waals surface area contributed by atoms with Crippen LogP contribution in [0.2, 0.25) is 0 Å². The van der Waals surface area contributed by atoms with Crippen molar-refractivity contribution < 1.29 is 0 Å². The first kappa shape index (κ1) is 12.0. The van der Waals surface area contributed by atoms with Crippen molar-refractivity contribution >= 4 is 23.3 Å². The molecule has 18 heavy (non-hydrogen) atoms. The zero-order valence-electron chi connectivity index (χ0n) is 10.9. The highest BCUT2D eigenvalue weighted by Gasteiger charge is 2.23. The van der Waals surface area contributed by atoms with E-state index in [1.807, 2.05) is 0 Å². The molecule has 2 atom stereocenters. The Morgan fingerprint density at radius 3 is 3.00 bits per heavy atom. The molecule has 0 spiro atoms. The van der Waals surface area contributed by atoms with E-state index in [9.17, 15) is 0 Å². The Labute approximate surface area is 113 Å². The molecule has 2 nitrogen and oxygen atoms in total. The van der Waals surface area contributed by atoms with E-state index in [1.165, 1.54) is 43.1 Å². The molecule has 2 aromatic rings. The Kier molecular flexibility index (Phi) is 3.25. The molecule has 0 aliphatic heterocycles. The molecule has 3 rings (SSSR count). The molecule has 1 N–H and O–H groups in total. The van der Waals surface area contributed by atoms with E-state index >= 15 is 0 Å². The second-order valence-corrected chi connectivity index (χ2v) is 5.80. The van der Waals surface area contributed by atoms with E-state index in [1.54, 1.807) is 0 Å². The van der Waals surface area contributed by atoms with Gasteiger partial charge in [-0.2, -0.15) is 0 Å². The Morgan fingerprint density at radius 2 is 2.17 bits per heavy atom. The minimum Gasteiger partial charge on any atom is -0.331 e. The summed E-state index contributed by atoms with van der Waals surface area (Å²) in [7, 11) is 0. The molecule has 1 saturated carbocycles. The lowest BCUT2D eigenvalue weighted by molar-refractivity contribution is 0.264. The van der Waals surface area contributed by atoms with Crippen molar-refractivity contribution in [2.45, 2.75) is 45.1 Å². The van der Waals surface area contributed by atoms with Gasteiger partial charge in [-0.3, -0.25) is 0 Å². The minimum absolute atomic E-state index is 0.590. The first-order valence-corrected chi connectivity index (χ1v) is 7.39. The monoisotopic (exact) mass is 260 g/mol. The van der Waals surface area contributed by atoms with Gasteiger partial charge in [-0.1, -0.05) is 38.3 Å². The van der Waals surface area contributed by atoms with Crippen molar-refractivity contribution in [1.82, 2.24) is 9.55 Å². The molecule has 0 saturated heterocycles. The third-order valence-electron chi connectivity index (χ3n) is 4.32. The molecule has 1 aromatic heterocycles. The highest BCUT2D eigenvalue weighted by atomic mass is 32.1. The summed E-state index contributed by atoms with van der Waals surface area (Å²) in [6.07, 6.45) is 6.58. The second kappa shape index (κ2) is 4.88. The van der Waals surface area contributed by atoms with E-state index in [4.69, 9.17) is 12.2 Å². The maximum atomic E-state index is 5.52. The van der Waals surface area contributed by atoms with E-state index in [2.05, 4.69) is 40.7 Å². The van der Waals surface area contributed by atoms with E-state index in [0.29, 0.717) is 6.04 Å². The maximum Gasteiger partial charge on any atom is 0.178 e. The predicted molar refractivity (Wildman–Crippen MR) is 78.4 cm³/mol. The van der Waals surface area contributed by atoms with Crippen LogP contribution in [0.4, 0.5) is 0 Å². The number of rotatable bonds is 2. The molecule has 0 radical (unpaired) electrons. The summed E-state index contributed by atoms with van der Waals surface area (Å²) < 4.78 is 3.24. The molecule has 0 amide bonds. The maximum absolute atomic E-state index is 5.52. The van der Waals surface area contributed by atoms with Gasteiger partial charge in [0.2, 0.25) is 0 Å². The molecule has 0 bridgehead atoms. The number of aromatic amines is 1. The van der Waals surface area contributed by atoms with Gasteiger partial charge in [-0.05, 0) is 43.1 Å². The number of imidazole rings is 1. The van der Waals surface area contributed by atoms with Crippen molar-refractivity contribution in [2.75, 3.05) is 0 Å². The summed E-state index contributed by atoms with van der Waals surface area (Å²) in [6.45, 7) is 2.31. The van der Waals surface area contributed by atoms with Crippen molar-refractivity contribution in [2.24, 2.45) is 5.92 Å². The highest BCUT2D eigenvalue weighted by Crippen LogP contribution is 2.36. The van der Waals surface area contributed by atoms with Crippen LogP contribution in [0.1, 0.15) is 45.1 Å². The van der Waals surface area contributed by atoms with Crippen LogP contribution in [0.3, 0.4) is 0 Å². The van der Waals surface area contributed by atoms with E-state index in [0.717, 1.165) is 10.7 Å². The molecule has 96 valence electrons. The normalized spacial score (nSPS) is 24.5. The van der Waals surface area contributed by atoms with Crippen molar-refractivity contribution in [3.8, 4) is 0 Å². The standard InChI is InChI=1S/C15H20N2S/c1-2-11-6-5-7-12(10-11)17-14-9-4-3-8-13(14)16-15(17)18/h3-4,8-9,11-12H,2,5-7,10H2,1H3,(H,16,18). The fourth-order valence-electron chi connectivity index (χ4n) is 3.30. The summed E-state index contributed by atoms with van der Waals surface area (Å²) in [5.74, 6) is 0.874. The molecule has 1 heterocycles. The fraction of sp³-hybridized carbons (Fsp3) is 0.533. The number of H-pyrrole nitrogens is 1. The number of benzene rings is 1. The van der Waals surface area contributed by atoms with E-state index in [-0.39, 0.29) is 0 Å². The van der Waals surface area contributed by atoms with Crippen LogP contribution in [0.15, 0.2) is 24.3 Å². The topological polar surface area (TPSA) is 20.7 Å². The summed E-state index contributed by atoms with van der Waals surface area (Å²) in [6, 6.07) is 9.04. The van der Waals surface area contributed by atoms with Gasteiger partial charge in [-0.15, -0.1) is 0 Å².